The smallest absolute Gasteiger partial charge is 0.415 e. The Morgan fingerprint density at radius 1 is 1.33 bits per heavy atom. The van der Waals surface area contributed by atoms with E-state index in [0.717, 1.165) is 25.9 Å². The van der Waals surface area contributed by atoms with E-state index in [9.17, 15) is 4.79 Å². The minimum Gasteiger partial charge on any atom is -0.447 e. The standard InChI is InChI=1S/C17H27N5O2/c1-11(2)14-10-24-17(23)22(14)15-6-9-19-16(21-15)20-12(3)13-4-7-18-8-5-13/h6,9,11-14,18H,4-5,7-8,10H2,1-3H3,(H,19,20,21). The van der Waals surface area contributed by atoms with Crippen LogP contribution in [0.1, 0.15) is 33.6 Å². The molecule has 2 fully saturated rings. The van der Waals surface area contributed by atoms with Gasteiger partial charge in [-0.05, 0) is 50.8 Å². The van der Waals surface area contributed by atoms with Crippen LogP contribution in [0.3, 0.4) is 0 Å². The van der Waals surface area contributed by atoms with E-state index in [1.807, 2.05) is 0 Å². The molecule has 3 heterocycles. The minimum atomic E-state index is -0.329. The van der Waals surface area contributed by atoms with Crippen LogP contribution in [0.4, 0.5) is 16.6 Å². The Labute approximate surface area is 143 Å². The first-order valence-corrected chi connectivity index (χ1v) is 8.82. The minimum absolute atomic E-state index is 0.0158. The Hall–Kier alpha value is -1.89. The van der Waals surface area contributed by atoms with Gasteiger partial charge in [-0.2, -0.15) is 4.98 Å². The van der Waals surface area contributed by atoms with Crippen molar-refractivity contribution in [3.8, 4) is 0 Å². The van der Waals surface area contributed by atoms with Crippen LogP contribution in [-0.2, 0) is 4.74 Å². The maximum absolute atomic E-state index is 12.1. The van der Waals surface area contributed by atoms with Crippen molar-refractivity contribution in [2.24, 2.45) is 11.8 Å². The fourth-order valence-electron chi connectivity index (χ4n) is 3.41. The molecular weight excluding hydrogens is 306 g/mol. The number of carbonyl (C=O) groups excluding carboxylic acids is 1. The summed E-state index contributed by atoms with van der Waals surface area (Å²) in [6.07, 6.45) is 3.68. The molecule has 0 aromatic carbocycles. The molecule has 3 rings (SSSR count). The molecule has 2 saturated heterocycles. The number of carbonyl (C=O) groups is 1. The maximum Gasteiger partial charge on any atom is 0.415 e. The zero-order chi connectivity index (χ0) is 17.1. The van der Waals surface area contributed by atoms with Crippen LogP contribution in [0.25, 0.3) is 0 Å². The SMILES string of the molecule is CC(C)C1COC(=O)N1c1ccnc(NC(C)C2CCNCC2)n1. The number of nitrogens with zero attached hydrogens (tertiary/aromatic N) is 3. The zero-order valence-corrected chi connectivity index (χ0v) is 14.7. The summed E-state index contributed by atoms with van der Waals surface area (Å²) in [5.74, 6) is 2.09. The van der Waals surface area contributed by atoms with E-state index in [0.29, 0.717) is 36.3 Å². The van der Waals surface area contributed by atoms with Crippen molar-refractivity contribution in [3.63, 3.8) is 0 Å². The highest BCUT2D eigenvalue weighted by Gasteiger charge is 2.37. The van der Waals surface area contributed by atoms with E-state index in [4.69, 9.17) is 4.74 Å². The second-order valence-corrected chi connectivity index (χ2v) is 7.02. The lowest BCUT2D eigenvalue weighted by Gasteiger charge is -2.29. The van der Waals surface area contributed by atoms with Crippen molar-refractivity contribution in [1.82, 2.24) is 15.3 Å². The molecule has 0 saturated carbocycles. The second-order valence-electron chi connectivity index (χ2n) is 7.02. The van der Waals surface area contributed by atoms with E-state index < -0.39 is 0 Å². The van der Waals surface area contributed by atoms with E-state index >= 15 is 0 Å². The van der Waals surface area contributed by atoms with Crippen LogP contribution in [0.15, 0.2) is 12.3 Å². The largest absolute Gasteiger partial charge is 0.447 e. The highest BCUT2D eigenvalue weighted by atomic mass is 16.6. The van der Waals surface area contributed by atoms with Gasteiger partial charge >= 0.3 is 6.09 Å². The van der Waals surface area contributed by atoms with E-state index in [-0.39, 0.29) is 12.1 Å². The predicted molar refractivity (Wildman–Crippen MR) is 93.2 cm³/mol. The van der Waals surface area contributed by atoms with Gasteiger partial charge in [-0.25, -0.2) is 9.78 Å². The number of ether oxygens (including phenoxy) is 1. The third-order valence-electron chi connectivity index (χ3n) is 5.01. The van der Waals surface area contributed by atoms with Gasteiger partial charge in [0.1, 0.15) is 12.4 Å². The van der Waals surface area contributed by atoms with Gasteiger partial charge in [0, 0.05) is 12.2 Å². The van der Waals surface area contributed by atoms with Crippen molar-refractivity contribution < 1.29 is 9.53 Å². The summed E-state index contributed by atoms with van der Waals surface area (Å²) in [5.41, 5.74) is 0. The molecular formula is C17H27N5O2. The van der Waals surface area contributed by atoms with Crippen LogP contribution >= 0.6 is 0 Å². The third-order valence-corrected chi connectivity index (χ3v) is 5.01. The molecule has 1 amide bonds. The van der Waals surface area contributed by atoms with Gasteiger partial charge < -0.3 is 15.4 Å². The van der Waals surface area contributed by atoms with E-state index in [1.165, 1.54) is 0 Å². The number of rotatable bonds is 5. The summed E-state index contributed by atoms with van der Waals surface area (Å²) in [4.78, 5) is 22.6. The molecule has 2 N–H and O–H groups in total. The summed E-state index contributed by atoms with van der Waals surface area (Å²) >= 11 is 0. The summed E-state index contributed by atoms with van der Waals surface area (Å²) in [6, 6.07) is 2.08. The Bertz CT molecular complexity index is 574. The molecule has 1 aromatic rings. The third kappa shape index (κ3) is 3.61. The molecule has 2 aliphatic heterocycles. The number of hydrogen-bond donors (Lipinski definition) is 2. The molecule has 0 bridgehead atoms. The average molecular weight is 333 g/mol. The molecule has 132 valence electrons. The number of cyclic esters (lactones) is 1. The second kappa shape index (κ2) is 7.34. The molecule has 2 atom stereocenters. The summed E-state index contributed by atoms with van der Waals surface area (Å²) < 4.78 is 5.21. The number of nitrogens with one attached hydrogen (secondary N) is 2. The van der Waals surface area contributed by atoms with Crippen LogP contribution in [0, 0.1) is 11.8 Å². The van der Waals surface area contributed by atoms with Crippen LogP contribution < -0.4 is 15.5 Å². The van der Waals surface area contributed by atoms with Gasteiger partial charge in [-0.1, -0.05) is 13.8 Å². The molecule has 0 aliphatic carbocycles. The van der Waals surface area contributed by atoms with E-state index in [2.05, 4.69) is 41.4 Å². The highest BCUT2D eigenvalue weighted by Crippen LogP contribution is 2.26. The number of piperidine rings is 1. The van der Waals surface area contributed by atoms with Gasteiger partial charge in [0.2, 0.25) is 5.95 Å². The zero-order valence-electron chi connectivity index (χ0n) is 14.7. The lowest BCUT2D eigenvalue weighted by atomic mass is 9.91. The topological polar surface area (TPSA) is 79.4 Å². The van der Waals surface area contributed by atoms with Crippen LogP contribution in [-0.4, -0.2) is 47.8 Å². The van der Waals surface area contributed by atoms with E-state index in [1.54, 1.807) is 17.2 Å². The van der Waals surface area contributed by atoms with Crippen LogP contribution in [0.2, 0.25) is 0 Å². The number of amides is 1. The monoisotopic (exact) mass is 333 g/mol. The van der Waals surface area contributed by atoms with Gasteiger partial charge in [0.05, 0.1) is 6.04 Å². The summed E-state index contributed by atoms with van der Waals surface area (Å²) in [6.45, 7) is 8.88. The molecule has 0 spiro atoms. The van der Waals surface area contributed by atoms with Crippen molar-refractivity contribution >= 4 is 17.9 Å². The lowest BCUT2D eigenvalue weighted by Crippen LogP contribution is -2.38. The van der Waals surface area contributed by atoms with Gasteiger partial charge in [0.15, 0.2) is 0 Å². The quantitative estimate of drug-likeness (QED) is 0.860. The molecule has 2 aliphatic rings. The van der Waals surface area contributed by atoms with Gasteiger partial charge in [0.25, 0.3) is 0 Å². The molecule has 1 aromatic heterocycles. The lowest BCUT2D eigenvalue weighted by molar-refractivity contribution is 0.177. The Morgan fingerprint density at radius 3 is 2.79 bits per heavy atom. The first kappa shape index (κ1) is 17.0. The number of hydrogen-bond acceptors (Lipinski definition) is 6. The molecule has 7 heteroatoms. The van der Waals surface area contributed by atoms with Gasteiger partial charge in [-0.15, -0.1) is 0 Å². The molecule has 24 heavy (non-hydrogen) atoms. The van der Waals surface area contributed by atoms with Crippen molar-refractivity contribution in [1.29, 1.82) is 0 Å². The normalized spacial score (nSPS) is 23.4. The van der Waals surface area contributed by atoms with Crippen molar-refractivity contribution in [2.75, 3.05) is 29.9 Å². The Morgan fingerprint density at radius 2 is 2.08 bits per heavy atom. The highest BCUT2D eigenvalue weighted by molar-refractivity contribution is 5.89. The molecule has 7 nitrogen and oxygen atoms in total. The number of aromatic nitrogens is 2. The fraction of sp³-hybridized carbons (Fsp3) is 0.706. The predicted octanol–water partition coefficient (Wildman–Crippen LogP) is 2.26. The van der Waals surface area contributed by atoms with Crippen molar-refractivity contribution in [3.05, 3.63) is 12.3 Å². The summed E-state index contributed by atoms with van der Waals surface area (Å²) in [5, 5.41) is 6.79. The molecule has 2 unspecified atom stereocenters. The molecule has 0 radical (unpaired) electrons. The Balaban J connectivity index is 1.72. The fourth-order valence-corrected chi connectivity index (χ4v) is 3.41. The summed E-state index contributed by atoms with van der Waals surface area (Å²) in [7, 11) is 0. The maximum atomic E-state index is 12.1. The first-order valence-electron chi connectivity index (χ1n) is 8.82. The Kier molecular flexibility index (Phi) is 5.18. The number of anilines is 2. The average Bonchev–Trinajstić information content (AvgIpc) is 2.98. The van der Waals surface area contributed by atoms with Crippen LogP contribution in [0.5, 0.6) is 0 Å². The van der Waals surface area contributed by atoms with Gasteiger partial charge in [-0.3, -0.25) is 4.90 Å². The first-order chi connectivity index (χ1) is 11.6. The van der Waals surface area contributed by atoms with Crippen molar-refractivity contribution in [2.45, 2.75) is 45.7 Å².